The summed E-state index contributed by atoms with van der Waals surface area (Å²) in [7, 11) is 0. The van der Waals surface area contributed by atoms with Crippen molar-refractivity contribution in [1.82, 2.24) is 10.5 Å². The van der Waals surface area contributed by atoms with E-state index in [2.05, 4.69) is 4.98 Å². The third-order valence-electron chi connectivity index (χ3n) is 2.54. The van der Waals surface area contributed by atoms with E-state index < -0.39 is 5.91 Å². The first-order valence-electron chi connectivity index (χ1n) is 5.19. The van der Waals surface area contributed by atoms with Gasteiger partial charge in [-0.3, -0.25) is 15.0 Å². The van der Waals surface area contributed by atoms with Crippen molar-refractivity contribution in [3.8, 4) is 11.1 Å². The normalized spacial score (nSPS) is 10.0. The van der Waals surface area contributed by atoms with Gasteiger partial charge in [-0.15, -0.1) is 0 Å². The number of nitrogens with zero attached hydrogens (tertiary/aromatic N) is 1. The molecule has 2 aromatic rings. The summed E-state index contributed by atoms with van der Waals surface area (Å²) in [5, 5.41) is 8.65. The fourth-order valence-corrected chi connectivity index (χ4v) is 1.61. The molecule has 0 saturated heterocycles. The molecule has 0 aliphatic rings. The Morgan fingerprint density at radius 1 is 1.24 bits per heavy atom. The summed E-state index contributed by atoms with van der Waals surface area (Å²) in [6, 6.07) is 11.3. The number of hydrogen-bond acceptors (Lipinski definition) is 3. The van der Waals surface area contributed by atoms with Crippen molar-refractivity contribution in [2.24, 2.45) is 0 Å². The van der Waals surface area contributed by atoms with Gasteiger partial charge >= 0.3 is 0 Å². The lowest BCUT2D eigenvalue weighted by Crippen LogP contribution is -2.20. The molecule has 1 heterocycles. The van der Waals surface area contributed by atoms with Crippen LogP contribution >= 0.6 is 0 Å². The number of carbonyl (C=O) groups is 1. The van der Waals surface area contributed by atoms with Crippen molar-refractivity contribution in [3.05, 3.63) is 53.9 Å². The minimum Gasteiger partial charge on any atom is -0.288 e. The molecule has 0 saturated carbocycles. The maximum absolute atomic E-state index is 11.4. The van der Waals surface area contributed by atoms with Crippen molar-refractivity contribution < 1.29 is 10.0 Å². The van der Waals surface area contributed by atoms with E-state index in [1.165, 1.54) is 0 Å². The van der Waals surface area contributed by atoms with Crippen LogP contribution in [0.1, 0.15) is 16.1 Å². The van der Waals surface area contributed by atoms with Gasteiger partial charge in [0.1, 0.15) is 0 Å². The molecule has 0 aliphatic heterocycles. The average Bonchev–Trinajstić information content (AvgIpc) is 2.39. The number of aromatic nitrogens is 1. The van der Waals surface area contributed by atoms with Crippen molar-refractivity contribution in [2.75, 3.05) is 0 Å². The highest BCUT2D eigenvalue weighted by Crippen LogP contribution is 2.20. The minimum atomic E-state index is -0.548. The van der Waals surface area contributed by atoms with Crippen molar-refractivity contribution in [1.29, 1.82) is 0 Å². The monoisotopic (exact) mass is 228 g/mol. The van der Waals surface area contributed by atoms with Crippen LogP contribution in [0.5, 0.6) is 0 Å². The maximum atomic E-state index is 11.4. The molecule has 1 amide bonds. The second kappa shape index (κ2) is 4.76. The molecular formula is C13H12N2O2. The highest BCUT2D eigenvalue weighted by Gasteiger charge is 2.10. The molecule has 0 atom stereocenters. The molecule has 1 aromatic heterocycles. The summed E-state index contributed by atoms with van der Waals surface area (Å²) in [5.74, 6) is -0.548. The molecular weight excluding hydrogens is 216 g/mol. The molecule has 2 N–H and O–H groups in total. The van der Waals surface area contributed by atoms with Gasteiger partial charge in [0.2, 0.25) is 0 Å². The van der Waals surface area contributed by atoms with E-state index in [0.717, 1.165) is 11.1 Å². The highest BCUT2D eigenvalue weighted by atomic mass is 16.5. The van der Waals surface area contributed by atoms with Gasteiger partial charge in [-0.2, -0.15) is 0 Å². The fraction of sp³-hybridized carbons (Fsp3) is 0.0769. The fourth-order valence-electron chi connectivity index (χ4n) is 1.61. The Balaban J connectivity index is 2.48. The first-order chi connectivity index (χ1) is 8.22. The smallest absolute Gasteiger partial charge is 0.276 e. The number of pyridine rings is 1. The lowest BCUT2D eigenvalue weighted by Gasteiger charge is -2.06. The Kier molecular flexibility index (Phi) is 3.16. The molecule has 0 radical (unpaired) electrons. The number of amides is 1. The van der Waals surface area contributed by atoms with E-state index in [1.54, 1.807) is 24.7 Å². The van der Waals surface area contributed by atoms with Crippen LogP contribution in [0.4, 0.5) is 0 Å². The third kappa shape index (κ3) is 2.32. The molecule has 4 heteroatoms. The van der Waals surface area contributed by atoms with E-state index in [-0.39, 0.29) is 0 Å². The molecule has 86 valence electrons. The van der Waals surface area contributed by atoms with Gasteiger partial charge in [0.25, 0.3) is 5.91 Å². The van der Waals surface area contributed by atoms with Gasteiger partial charge in [-0.25, -0.2) is 5.48 Å². The first kappa shape index (κ1) is 11.3. The standard InChI is InChI=1S/C13H12N2O2/c1-9-12(13(16)15-17)7-11(8-14-9)10-5-3-2-4-6-10/h2-8,17H,1H3,(H,15,16). The average molecular weight is 228 g/mol. The number of carbonyl (C=O) groups excluding carboxylic acids is 1. The van der Waals surface area contributed by atoms with Crippen LogP contribution in [0.25, 0.3) is 11.1 Å². The number of hydroxylamine groups is 1. The zero-order chi connectivity index (χ0) is 12.3. The number of aryl methyl sites for hydroxylation is 1. The molecule has 1 aromatic carbocycles. The zero-order valence-corrected chi connectivity index (χ0v) is 9.34. The second-order valence-electron chi connectivity index (χ2n) is 3.66. The van der Waals surface area contributed by atoms with E-state index in [4.69, 9.17) is 5.21 Å². The summed E-state index contributed by atoms with van der Waals surface area (Å²) >= 11 is 0. The van der Waals surface area contributed by atoms with Gasteiger partial charge in [-0.1, -0.05) is 30.3 Å². The Morgan fingerprint density at radius 3 is 2.59 bits per heavy atom. The number of hydrogen-bond donors (Lipinski definition) is 2. The Labute approximate surface area is 98.9 Å². The van der Waals surface area contributed by atoms with E-state index >= 15 is 0 Å². The summed E-state index contributed by atoms with van der Waals surface area (Å²) in [4.78, 5) is 15.6. The van der Waals surface area contributed by atoms with Crippen molar-refractivity contribution >= 4 is 5.91 Å². The first-order valence-corrected chi connectivity index (χ1v) is 5.19. The Bertz CT molecular complexity index is 538. The number of nitrogens with one attached hydrogen (secondary N) is 1. The molecule has 0 aliphatic carbocycles. The third-order valence-corrected chi connectivity index (χ3v) is 2.54. The van der Waals surface area contributed by atoms with Crippen LogP contribution < -0.4 is 5.48 Å². The summed E-state index contributed by atoms with van der Waals surface area (Å²) in [6.45, 7) is 1.72. The van der Waals surface area contributed by atoms with Gasteiger partial charge in [-0.05, 0) is 18.6 Å². The lowest BCUT2D eigenvalue weighted by molar-refractivity contribution is 0.0705. The predicted octanol–water partition coefficient (Wildman–Crippen LogP) is 2.18. The van der Waals surface area contributed by atoms with E-state index in [9.17, 15) is 4.79 Å². The molecule has 0 spiro atoms. The van der Waals surface area contributed by atoms with Crippen LogP contribution in [-0.4, -0.2) is 16.1 Å². The second-order valence-corrected chi connectivity index (χ2v) is 3.66. The summed E-state index contributed by atoms with van der Waals surface area (Å²) in [5.41, 5.74) is 4.39. The van der Waals surface area contributed by atoms with Gasteiger partial charge in [0.15, 0.2) is 0 Å². The predicted molar refractivity (Wildman–Crippen MR) is 63.7 cm³/mol. The Hall–Kier alpha value is -2.20. The topological polar surface area (TPSA) is 62.2 Å². The largest absolute Gasteiger partial charge is 0.288 e. The van der Waals surface area contributed by atoms with Crippen LogP contribution in [0, 0.1) is 6.92 Å². The molecule has 4 nitrogen and oxygen atoms in total. The van der Waals surface area contributed by atoms with Crippen LogP contribution in [0.3, 0.4) is 0 Å². The molecule has 0 bridgehead atoms. The molecule has 17 heavy (non-hydrogen) atoms. The highest BCUT2D eigenvalue weighted by molar-refractivity contribution is 5.95. The number of rotatable bonds is 2. The quantitative estimate of drug-likeness (QED) is 0.611. The molecule has 0 fully saturated rings. The van der Waals surface area contributed by atoms with Gasteiger partial charge in [0.05, 0.1) is 11.3 Å². The van der Waals surface area contributed by atoms with E-state index in [0.29, 0.717) is 11.3 Å². The van der Waals surface area contributed by atoms with Crippen molar-refractivity contribution in [2.45, 2.75) is 6.92 Å². The van der Waals surface area contributed by atoms with Crippen LogP contribution in [0.15, 0.2) is 42.6 Å². The minimum absolute atomic E-state index is 0.369. The summed E-state index contributed by atoms with van der Waals surface area (Å²) in [6.07, 6.45) is 1.71. The SMILES string of the molecule is Cc1ncc(-c2ccccc2)cc1C(=O)NO. The molecule has 2 rings (SSSR count). The Morgan fingerprint density at radius 2 is 1.94 bits per heavy atom. The summed E-state index contributed by atoms with van der Waals surface area (Å²) < 4.78 is 0. The molecule has 0 unspecified atom stereocenters. The van der Waals surface area contributed by atoms with Gasteiger partial charge < -0.3 is 0 Å². The zero-order valence-electron chi connectivity index (χ0n) is 9.34. The van der Waals surface area contributed by atoms with Crippen LogP contribution in [0.2, 0.25) is 0 Å². The number of benzene rings is 1. The van der Waals surface area contributed by atoms with E-state index in [1.807, 2.05) is 30.3 Å². The lowest BCUT2D eigenvalue weighted by atomic mass is 10.0. The van der Waals surface area contributed by atoms with Gasteiger partial charge in [0, 0.05) is 11.8 Å². The van der Waals surface area contributed by atoms with Crippen molar-refractivity contribution in [3.63, 3.8) is 0 Å². The van der Waals surface area contributed by atoms with Crippen LogP contribution in [-0.2, 0) is 0 Å². The maximum Gasteiger partial charge on any atom is 0.276 e.